The Morgan fingerprint density at radius 1 is 1.47 bits per heavy atom. The summed E-state index contributed by atoms with van der Waals surface area (Å²) in [5.74, 6) is 0.937. The molecule has 0 radical (unpaired) electrons. The molecule has 3 heteroatoms. The average Bonchev–Trinajstić information content (AvgIpc) is 2.29. The Kier molecular flexibility index (Phi) is 4.02. The number of rotatable bonds is 3. The van der Waals surface area contributed by atoms with Crippen molar-refractivity contribution in [1.29, 1.82) is 0 Å². The molecule has 94 valence electrons. The Bertz CT molecular complexity index is 378. The standard InChI is InChI=1S/C14H21NO2/c1-11-8-12(5-6-14(11)17-2)9-15-7-3-4-13(16)10-15/h5-6,8,13,16H,3-4,7,9-10H2,1-2H3/t13-/m1/s1. The number of ether oxygens (including phenoxy) is 1. The lowest BCUT2D eigenvalue weighted by Crippen LogP contribution is -2.37. The van der Waals surface area contributed by atoms with Crippen molar-refractivity contribution in [2.24, 2.45) is 0 Å². The predicted molar refractivity (Wildman–Crippen MR) is 68.2 cm³/mol. The van der Waals surface area contributed by atoms with E-state index in [2.05, 4.69) is 24.0 Å². The maximum Gasteiger partial charge on any atom is 0.121 e. The van der Waals surface area contributed by atoms with Crippen LogP contribution < -0.4 is 4.74 Å². The Morgan fingerprint density at radius 3 is 2.94 bits per heavy atom. The molecule has 2 rings (SSSR count). The maximum absolute atomic E-state index is 9.63. The van der Waals surface area contributed by atoms with E-state index in [1.54, 1.807) is 7.11 Å². The summed E-state index contributed by atoms with van der Waals surface area (Å²) in [7, 11) is 1.70. The first-order valence-electron chi connectivity index (χ1n) is 6.23. The van der Waals surface area contributed by atoms with Gasteiger partial charge in [-0.3, -0.25) is 4.90 Å². The summed E-state index contributed by atoms with van der Waals surface area (Å²) in [4.78, 5) is 2.31. The number of aryl methyl sites for hydroxylation is 1. The highest BCUT2D eigenvalue weighted by molar-refractivity contribution is 5.36. The molecule has 1 N–H and O–H groups in total. The van der Waals surface area contributed by atoms with Crippen LogP contribution in [0.4, 0.5) is 0 Å². The number of likely N-dealkylation sites (tertiary alicyclic amines) is 1. The SMILES string of the molecule is COc1ccc(CN2CCC[C@@H](O)C2)cc1C. The molecule has 1 atom stereocenters. The molecule has 1 aromatic rings. The minimum atomic E-state index is -0.150. The van der Waals surface area contributed by atoms with Gasteiger partial charge in [0.25, 0.3) is 0 Å². The topological polar surface area (TPSA) is 32.7 Å². The number of hydrogen-bond acceptors (Lipinski definition) is 3. The molecular formula is C14H21NO2. The minimum Gasteiger partial charge on any atom is -0.496 e. The Balaban J connectivity index is 2.00. The van der Waals surface area contributed by atoms with Crippen molar-refractivity contribution in [3.63, 3.8) is 0 Å². The van der Waals surface area contributed by atoms with Crippen LogP contribution >= 0.6 is 0 Å². The Hall–Kier alpha value is -1.06. The normalized spacial score (nSPS) is 21.5. The van der Waals surface area contributed by atoms with Gasteiger partial charge in [-0.2, -0.15) is 0 Å². The van der Waals surface area contributed by atoms with E-state index in [1.807, 2.05) is 6.07 Å². The lowest BCUT2D eigenvalue weighted by molar-refractivity contribution is 0.0668. The highest BCUT2D eigenvalue weighted by Crippen LogP contribution is 2.20. The lowest BCUT2D eigenvalue weighted by Gasteiger charge is -2.30. The van der Waals surface area contributed by atoms with Gasteiger partial charge in [-0.25, -0.2) is 0 Å². The van der Waals surface area contributed by atoms with Crippen LogP contribution in [-0.4, -0.2) is 36.3 Å². The maximum atomic E-state index is 9.63. The van der Waals surface area contributed by atoms with E-state index in [1.165, 1.54) is 11.1 Å². The van der Waals surface area contributed by atoms with E-state index in [9.17, 15) is 5.11 Å². The molecule has 0 aromatic heterocycles. The summed E-state index contributed by atoms with van der Waals surface area (Å²) >= 11 is 0. The summed E-state index contributed by atoms with van der Waals surface area (Å²) in [6.07, 6.45) is 1.89. The molecule has 0 aliphatic carbocycles. The van der Waals surface area contributed by atoms with Crippen LogP contribution in [0.25, 0.3) is 0 Å². The molecule has 3 nitrogen and oxygen atoms in total. The van der Waals surface area contributed by atoms with Gasteiger partial charge in [-0.15, -0.1) is 0 Å². The minimum absolute atomic E-state index is 0.150. The Labute approximate surface area is 103 Å². The molecule has 0 spiro atoms. The van der Waals surface area contributed by atoms with Crippen LogP contribution in [0.3, 0.4) is 0 Å². The predicted octanol–water partition coefficient (Wildman–Crippen LogP) is 1.96. The highest BCUT2D eigenvalue weighted by Gasteiger charge is 2.17. The van der Waals surface area contributed by atoms with Crippen LogP contribution in [0.5, 0.6) is 5.75 Å². The third-order valence-electron chi connectivity index (χ3n) is 3.35. The lowest BCUT2D eigenvalue weighted by atomic mass is 10.1. The molecule has 0 bridgehead atoms. The number of aliphatic hydroxyl groups is 1. The fraction of sp³-hybridized carbons (Fsp3) is 0.571. The van der Waals surface area contributed by atoms with Crippen LogP contribution in [-0.2, 0) is 6.54 Å². The molecule has 1 heterocycles. The summed E-state index contributed by atoms with van der Waals surface area (Å²) in [5, 5.41) is 9.63. The second-order valence-corrected chi connectivity index (χ2v) is 4.84. The molecule has 0 saturated carbocycles. The number of piperidine rings is 1. The van der Waals surface area contributed by atoms with Gasteiger partial charge in [0.2, 0.25) is 0 Å². The highest BCUT2D eigenvalue weighted by atomic mass is 16.5. The van der Waals surface area contributed by atoms with E-state index in [4.69, 9.17) is 4.74 Å². The van der Waals surface area contributed by atoms with Gasteiger partial charge in [0.1, 0.15) is 5.75 Å². The zero-order chi connectivity index (χ0) is 12.3. The van der Waals surface area contributed by atoms with E-state index in [-0.39, 0.29) is 6.10 Å². The van der Waals surface area contributed by atoms with Gasteiger partial charge in [-0.1, -0.05) is 12.1 Å². The molecule has 0 amide bonds. The largest absolute Gasteiger partial charge is 0.496 e. The van der Waals surface area contributed by atoms with Gasteiger partial charge in [0, 0.05) is 13.1 Å². The molecule has 1 aliphatic rings. The second kappa shape index (κ2) is 5.52. The van der Waals surface area contributed by atoms with Crippen LogP contribution in [0.2, 0.25) is 0 Å². The molecule has 0 unspecified atom stereocenters. The van der Waals surface area contributed by atoms with E-state index < -0.39 is 0 Å². The third kappa shape index (κ3) is 3.20. The van der Waals surface area contributed by atoms with Crippen molar-refractivity contribution in [2.45, 2.75) is 32.4 Å². The van der Waals surface area contributed by atoms with Crippen LogP contribution in [0, 0.1) is 6.92 Å². The van der Waals surface area contributed by atoms with Gasteiger partial charge < -0.3 is 9.84 Å². The zero-order valence-corrected chi connectivity index (χ0v) is 10.6. The number of methoxy groups -OCH3 is 1. The smallest absolute Gasteiger partial charge is 0.121 e. The van der Waals surface area contributed by atoms with Crippen molar-refractivity contribution in [2.75, 3.05) is 20.2 Å². The monoisotopic (exact) mass is 235 g/mol. The van der Waals surface area contributed by atoms with Crippen molar-refractivity contribution in [3.8, 4) is 5.75 Å². The summed E-state index contributed by atoms with van der Waals surface area (Å²) in [5.41, 5.74) is 2.46. The van der Waals surface area contributed by atoms with Gasteiger partial charge >= 0.3 is 0 Å². The van der Waals surface area contributed by atoms with Gasteiger partial charge in [0.05, 0.1) is 13.2 Å². The van der Waals surface area contributed by atoms with E-state index >= 15 is 0 Å². The molecule has 1 aliphatic heterocycles. The van der Waals surface area contributed by atoms with E-state index in [0.29, 0.717) is 0 Å². The molecule has 1 saturated heterocycles. The first-order chi connectivity index (χ1) is 8.19. The Morgan fingerprint density at radius 2 is 2.29 bits per heavy atom. The third-order valence-corrected chi connectivity index (χ3v) is 3.35. The van der Waals surface area contributed by atoms with Crippen molar-refractivity contribution < 1.29 is 9.84 Å². The zero-order valence-electron chi connectivity index (χ0n) is 10.6. The fourth-order valence-electron chi connectivity index (χ4n) is 2.47. The fourth-order valence-corrected chi connectivity index (χ4v) is 2.47. The summed E-state index contributed by atoms with van der Waals surface area (Å²) in [6, 6.07) is 6.29. The first-order valence-corrected chi connectivity index (χ1v) is 6.23. The average molecular weight is 235 g/mol. The molecular weight excluding hydrogens is 214 g/mol. The summed E-state index contributed by atoms with van der Waals surface area (Å²) < 4.78 is 5.25. The van der Waals surface area contributed by atoms with E-state index in [0.717, 1.165) is 38.2 Å². The van der Waals surface area contributed by atoms with Crippen molar-refractivity contribution in [1.82, 2.24) is 4.90 Å². The van der Waals surface area contributed by atoms with Crippen molar-refractivity contribution >= 4 is 0 Å². The summed E-state index contributed by atoms with van der Waals surface area (Å²) in [6.45, 7) is 4.86. The number of benzene rings is 1. The molecule has 1 fully saturated rings. The van der Waals surface area contributed by atoms with Crippen LogP contribution in [0.15, 0.2) is 18.2 Å². The number of β-amino-alcohol motifs (C(OH)–C–C–N with tert-alkyl or cyclic N) is 1. The molecule has 17 heavy (non-hydrogen) atoms. The van der Waals surface area contributed by atoms with Crippen molar-refractivity contribution in [3.05, 3.63) is 29.3 Å². The number of nitrogens with zero attached hydrogens (tertiary/aromatic N) is 1. The number of hydrogen-bond donors (Lipinski definition) is 1. The first kappa shape index (κ1) is 12.4. The quantitative estimate of drug-likeness (QED) is 0.869. The number of aliphatic hydroxyl groups excluding tert-OH is 1. The van der Waals surface area contributed by atoms with Gasteiger partial charge in [0.15, 0.2) is 0 Å². The molecule has 1 aromatic carbocycles. The second-order valence-electron chi connectivity index (χ2n) is 4.84. The van der Waals surface area contributed by atoms with Crippen LogP contribution in [0.1, 0.15) is 24.0 Å². The van der Waals surface area contributed by atoms with Gasteiger partial charge in [-0.05, 0) is 43.5 Å².